The minimum Gasteiger partial charge on any atom is -0.344 e. The van der Waals surface area contributed by atoms with Crippen LogP contribution in [0.15, 0.2) is 47.4 Å². The molecule has 128 valence electrons. The lowest BCUT2D eigenvalue weighted by Crippen LogP contribution is -2.18. The topological polar surface area (TPSA) is 118 Å². The number of hydrogen-bond donors (Lipinski definition) is 3. The molecule has 2 rings (SSSR count). The molecule has 0 saturated heterocycles. The predicted octanol–water partition coefficient (Wildman–Crippen LogP) is 2.27. The number of hydrogen-bond acceptors (Lipinski definition) is 4. The number of benzene rings is 2. The summed E-state index contributed by atoms with van der Waals surface area (Å²) in [6.07, 6.45) is -1.67. The molecule has 1 unspecified atom stereocenters. The molecule has 0 radical (unpaired) electrons. The van der Waals surface area contributed by atoms with E-state index in [0.717, 1.165) is 17.4 Å². The number of rotatable bonds is 4. The molecule has 2 atom stereocenters. The Morgan fingerprint density at radius 3 is 2.22 bits per heavy atom. The van der Waals surface area contributed by atoms with Gasteiger partial charge in [-0.2, -0.15) is 8.42 Å². The Morgan fingerprint density at radius 2 is 1.78 bits per heavy atom. The summed E-state index contributed by atoms with van der Waals surface area (Å²) in [6.45, 7) is 0.938. The zero-order chi connectivity index (χ0) is 17.7. The Kier molecular flexibility index (Phi) is 6.85. The van der Waals surface area contributed by atoms with E-state index in [-0.39, 0.29) is 17.6 Å². The van der Waals surface area contributed by atoms with Crippen molar-refractivity contribution in [1.82, 2.24) is 0 Å². The van der Waals surface area contributed by atoms with E-state index >= 15 is 0 Å². The molecule has 0 aliphatic rings. The molecule has 9 heteroatoms. The molecule has 0 saturated carbocycles. The predicted molar refractivity (Wildman–Crippen MR) is 88.3 cm³/mol. The normalized spacial score (nSPS) is 15.3. The van der Waals surface area contributed by atoms with E-state index in [1.165, 1.54) is 12.1 Å². The fraction of sp³-hybridized carbons (Fsp3) is 0.286. The first-order valence-corrected chi connectivity index (χ1v) is 10.4. The molecular weight excluding hydrogens is 344 g/mol. The highest BCUT2D eigenvalue weighted by molar-refractivity contribution is 7.85. The second kappa shape index (κ2) is 7.99. The van der Waals surface area contributed by atoms with Gasteiger partial charge in [0.15, 0.2) is 0 Å². The van der Waals surface area contributed by atoms with Crippen molar-refractivity contribution in [3.8, 4) is 0 Å². The fourth-order valence-electron chi connectivity index (χ4n) is 1.77. The van der Waals surface area contributed by atoms with E-state index in [1.807, 2.05) is 18.2 Å². The van der Waals surface area contributed by atoms with Crippen LogP contribution < -0.4 is 5.73 Å². The third-order valence-corrected chi connectivity index (χ3v) is 4.73. The van der Waals surface area contributed by atoms with Crippen LogP contribution in [0.1, 0.15) is 0 Å². The molecule has 0 aliphatic carbocycles. The van der Waals surface area contributed by atoms with Gasteiger partial charge in [-0.25, -0.2) is 4.39 Å². The van der Waals surface area contributed by atoms with Gasteiger partial charge in [0, 0.05) is 13.2 Å². The number of halogens is 1. The maximum atomic E-state index is 12.2. The average molecular weight is 363 g/mol. The van der Waals surface area contributed by atoms with Crippen molar-refractivity contribution in [1.29, 1.82) is 0 Å². The lowest BCUT2D eigenvalue weighted by Gasteiger charge is -2.06. The largest absolute Gasteiger partial charge is 0.344 e. The molecule has 0 amide bonds. The summed E-state index contributed by atoms with van der Waals surface area (Å²) in [6, 6.07) is 11.9. The Bertz CT molecular complexity index is 806. The lowest BCUT2D eigenvalue weighted by molar-refractivity contribution is 0.360. The van der Waals surface area contributed by atoms with Crippen molar-refractivity contribution in [2.24, 2.45) is 5.73 Å². The van der Waals surface area contributed by atoms with Gasteiger partial charge in [-0.05, 0) is 22.9 Å². The van der Waals surface area contributed by atoms with Crippen molar-refractivity contribution < 1.29 is 26.8 Å². The molecule has 0 aromatic heterocycles. The van der Waals surface area contributed by atoms with Gasteiger partial charge in [-0.3, -0.25) is 9.12 Å². The Hall–Kier alpha value is -1.31. The molecule has 0 spiro atoms. The van der Waals surface area contributed by atoms with E-state index < -0.39 is 23.7 Å². The van der Waals surface area contributed by atoms with Crippen molar-refractivity contribution in [2.45, 2.75) is 11.1 Å². The Labute approximate surface area is 134 Å². The maximum absolute atomic E-state index is 12.2. The van der Waals surface area contributed by atoms with Crippen LogP contribution in [-0.4, -0.2) is 43.4 Å². The maximum Gasteiger partial charge on any atom is 0.294 e. The lowest BCUT2D eigenvalue weighted by atomic mass is 10.1. The van der Waals surface area contributed by atoms with Crippen molar-refractivity contribution in [2.75, 3.05) is 19.4 Å². The Balaban J connectivity index is 0.000000257. The van der Waals surface area contributed by atoms with Gasteiger partial charge in [-0.15, -0.1) is 0 Å². The molecule has 6 nitrogen and oxygen atoms in total. The van der Waals surface area contributed by atoms with Crippen LogP contribution in [0, 0.1) is 0 Å². The molecular formula is C14H19FNO5PS. The highest BCUT2D eigenvalue weighted by atomic mass is 32.2. The quantitative estimate of drug-likeness (QED) is 0.567. The molecule has 2 aromatic carbocycles. The molecule has 2 aromatic rings. The monoisotopic (exact) mass is 363 g/mol. The fourth-order valence-corrected chi connectivity index (χ4v) is 3.17. The third kappa shape index (κ3) is 7.20. The van der Waals surface area contributed by atoms with Crippen molar-refractivity contribution >= 4 is 28.3 Å². The van der Waals surface area contributed by atoms with Crippen molar-refractivity contribution in [3.63, 3.8) is 0 Å². The zero-order valence-electron chi connectivity index (χ0n) is 12.5. The molecule has 0 fully saturated rings. The van der Waals surface area contributed by atoms with E-state index in [0.29, 0.717) is 0 Å². The van der Waals surface area contributed by atoms with Crippen LogP contribution in [-0.2, 0) is 14.7 Å². The van der Waals surface area contributed by atoms with Gasteiger partial charge in [0.05, 0.1) is 11.1 Å². The van der Waals surface area contributed by atoms with Gasteiger partial charge in [0.2, 0.25) is 7.37 Å². The average Bonchev–Trinajstić information content (AvgIpc) is 2.44. The third-order valence-electron chi connectivity index (χ3n) is 2.81. The first-order chi connectivity index (χ1) is 10.5. The van der Waals surface area contributed by atoms with Crippen LogP contribution in [0.4, 0.5) is 4.39 Å². The van der Waals surface area contributed by atoms with Gasteiger partial charge >= 0.3 is 0 Å². The summed E-state index contributed by atoms with van der Waals surface area (Å²) in [5.74, 6) is 0. The summed E-state index contributed by atoms with van der Waals surface area (Å²) in [4.78, 5) is 8.51. The van der Waals surface area contributed by atoms with Crippen molar-refractivity contribution in [3.05, 3.63) is 42.5 Å². The second-order valence-electron chi connectivity index (χ2n) is 5.05. The molecule has 0 bridgehead atoms. The van der Waals surface area contributed by atoms with Crippen LogP contribution in [0.5, 0.6) is 0 Å². The zero-order valence-corrected chi connectivity index (χ0v) is 14.2. The van der Waals surface area contributed by atoms with Crippen LogP contribution in [0.2, 0.25) is 0 Å². The van der Waals surface area contributed by atoms with Gasteiger partial charge in [0.1, 0.15) is 6.17 Å². The highest BCUT2D eigenvalue weighted by Crippen LogP contribution is 2.36. The van der Waals surface area contributed by atoms with Crippen LogP contribution >= 0.6 is 7.37 Å². The minimum atomic E-state index is -4.09. The standard InChI is InChI=1S/C10H8O3S.C4H11FNO2P/c11-14(12,13)10-6-5-8-3-1-2-4-9(8)7-10;1-9(7,8)3-4(5)2-6/h1-7H,(H,11,12,13);4H,2-3,6H2,1H3,(H,7,8)/t;4-/m.0/s1. The summed E-state index contributed by atoms with van der Waals surface area (Å²) in [5.41, 5.74) is 4.87. The number of alkyl halides is 1. The highest BCUT2D eigenvalue weighted by Gasteiger charge is 2.16. The molecule has 0 heterocycles. The van der Waals surface area contributed by atoms with Gasteiger partial charge < -0.3 is 10.6 Å². The first kappa shape index (κ1) is 19.7. The Morgan fingerprint density at radius 1 is 1.22 bits per heavy atom. The second-order valence-corrected chi connectivity index (χ2v) is 8.94. The molecule has 4 N–H and O–H groups in total. The van der Waals surface area contributed by atoms with Gasteiger partial charge in [0.25, 0.3) is 10.1 Å². The molecule has 0 aliphatic heterocycles. The number of fused-ring (bicyclic) bond motifs is 1. The van der Waals surface area contributed by atoms with E-state index in [4.69, 9.17) is 15.2 Å². The minimum absolute atomic E-state index is 0.0730. The smallest absolute Gasteiger partial charge is 0.294 e. The van der Waals surface area contributed by atoms with E-state index in [9.17, 15) is 17.4 Å². The summed E-state index contributed by atoms with van der Waals surface area (Å²) >= 11 is 0. The summed E-state index contributed by atoms with van der Waals surface area (Å²) in [5, 5.41) is 1.74. The molecule has 23 heavy (non-hydrogen) atoms. The summed E-state index contributed by atoms with van der Waals surface area (Å²) in [7, 11) is -7.29. The van der Waals surface area contributed by atoms with Gasteiger partial charge in [-0.1, -0.05) is 30.3 Å². The summed E-state index contributed by atoms with van der Waals surface area (Å²) < 4.78 is 53.1. The first-order valence-electron chi connectivity index (χ1n) is 6.62. The van der Waals surface area contributed by atoms with Crippen LogP contribution in [0.3, 0.4) is 0 Å². The van der Waals surface area contributed by atoms with E-state index in [2.05, 4.69) is 0 Å². The number of nitrogens with two attached hydrogens (primary N) is 1. The SMILES string of the molecule is CP(=O)(O)C[C@@H](F)CN.O=S(=O)(O)c1ccc2ccccc2c1. The van der Waals surface area contributed by atoms with Crippen LogP contribution in [0.25, 0.3) is 10.8 Å². The van der Waals surface area contributed by atoms with E-state index in [1.54, 1.807) is 12.1 Å².